The van der Waals surface area contributed by atoms with Gasteiger partial charge >= 0.3 is 0 Å². The van der Waals surface area contributed by atoms with Crippen molar-refractivity contribution < 1.29 is 14.3 Å². The van der Waals surface area contributed by atoms with Crippen molar-refractivity contribution >= 4 is 34.8 Å². The molecule has 3 rings (SSSR count). The maximum atomic E-state index is 12.2. The van der Waals surface area contributed by atoms with E-state index in [2.05, 4.69) is 19.9 Å². The molecule has 0 aliphatic rings. The summed E-state index contributed by atoms with van der Waals surface area (Å²) in [5.74, 6) is 0.599. The number of fused-ring (bicyclic) bond motifs is 1. The molecule has 0 aromatic carbocycles. The summed E-state index contributed by atoms with van der Waals surface area (Å²) in [5, 5.41) is 0.0902. The molecule has 0 saturated carbocycles. The molecule has 0 N–H and O–H groups in total. The Kier molecular flexibility index (Phi) is 4.22. The Morgan fingerprint density at radius 2 is 2.17 bits per heavy atom. The van der Waals surface area contributed by atoms with Crippen molar-refractivity contribution in [3.63, 3.8) is 0 Å². The lowest BCUT2D eigenvalue weighted by Crippen LogP contribution is -2.06. The number of hydrogen-bond acceptors (Lipinski definition) is 7. The number of carbonyl (C=O) groups excluding carboxylic acids is 1. The van der Waals surface area contributed by atoms with Crippen molar-refractivity contribution in [3.05, 3.63) is 39.9 Å². The average Bonchev–Trinajstić information content (AvgIpc) is 2.96. The molecule has 3 aromatic heterocycles. The highest BCUT2D eigenvalue weighted by Crippen LogP contribution is 2.19. The molecule has 0 aliphatic heterocycles. The van der Waals surface area contributed by atoms with E-state index in [-0.39, 0.29) is 15.5 Å². The number of pyridine rings is 1. The molecular weight excluding hydrogens is 342 g/mol. The molecule has 1 amide bonds. The van der Waals surface area contributed by atoms with Crippen molar-refractivity contribution in [2.24, 2.45) is 4.99 Å². The Morgan fingerprint density at radius 3 is 2.87 bits per heavy atom. The van der Waals surface area contributed by atoms with Crippen LogP contribution in [0.1, 0.15) is 10.4 Å². The maximum Gasteiger partial charge on any atom is 0.282 e. The molecule has 0 atom stereocenters. The van der Waals surface area contributed by atoms with E-state index in [9.17, 15) is 4.79 Å². The van der Waals surface area contributed by atoms with Gasteiger partial charge in [0.2, 0.25) is 16.6 Å². The molecule has 0 aliphatic carbocycles. The summed E-state index contributed by atoms with van der Waals surface area (Å²) in [7, 11) is 3.00. The number of ether oxygens (including phenoxy) is 2. The summed E-state index contributed by atoms with van der Waals surface area (Å²) in [5.41, 5.74) is 0.205. The lowest BCUT2D eigenvalue weighted by Gasteiger charge is -2.03. The van der Waals surface area contributed by atoms with E-state index >= 15 is 0 Å². The second kappa shape index (κ2) is 6.31. The highest BCUT2D eigenvalue weighted by atomic mass is 35.5. The molecule has 3 aromatic rings. The number of aromatic nitrogens is 4. The molecule has 10 heteroatoms. The van der Waals surface area contributed by atoms with Gasteiger partial charge in [0.05, 0.1) is 25.8 Å². The first-order valence-corrected chi connectivity index (χ1v) is 7.46. The van der Waals surface area contributed by atoms with Gasteiger partial charge in [-0.3, -0.25) is 4.79 Å². The first-order chi connectivity index (χ1) is 11.1. The monoisotopic (exact) mass is 351 g/mol. The molecule has 0 radical (unpaired) electrons. The van der Waals surface area contributed by atoms with Gasteiger partial charge in [-0.25, -0.2) is 4.98 Å². The number of carbonyl (C=O) groups is 1. The second-order valence-electron chi connectivity index (χ2n) is 4.18. The third kappa shape index (κ3) is 3.01. The van der Waals surface area contributed by atoms with Crippen LogP contribution in [0.15, 0.2) is 29.4 Å². The smallest absolute Gasteiger partial charge is 0.282 e. The summed E-state index contributed by atoms with van der Waals surface area (Å²) < 4.78 is 11.9. The van der Waals surface area contributed by atoms with Crippen LogP contribution in [0.2, 0.25) is 5.15 Å². The van der Waals surface area contributed by atoms with E-state index in [0.717, 1.165) is 11.5 Å². The summed E-state index contributed by atoms with van der Waals surface area (Å²) in [6.45, 7) is 0. The van der Waals surface area contributed by atoms with E-state index in [1.54, 1.807) is 22.0 Å². The van der Waals surface area contributed by atoms with E-state index in [1.165, 1.54) is 20.4 Å². The van der Waals surface area contributed by atoms with Crippen molar-refractivity contribution in [1.29, 1.82) is 0 Å². The number of nitrogens with zero attached hydrogens (tertiary/aromatic N) is 5. The van der Waals surface area contributed by atoms with E-state index < -0.39 is 5.91 Å². The zero-order valence-corrected chi connectivity index (χ0v) is 13.6. The predicted molar refractivity (Wildman–Crippen MR) is 83.1 cm³/mol. The molecule has 0 bridgehead atoms. The minimum atomic E-state index is -0.534. The van der Waals surface area contributed by atoms with Gasteiger partial charge < -0.3 is 9.47 Å². The Bertz CT molecular complexity index is 952. The lowest BCUT2D eigenvalue weighted by atomic mass is 10.3. The van der Waals surface area contributed by atoms with Crippen LogP contribution in [0, 0.1) is 0 Å². The fourth-order valence-corrected chi connectivity index (χ4v) is 2.76. The Hall–Kier alpha value is -2.52. The Labute approximate surface area is 139 Å². The molecule has 0 fully saturated rings. The summed E-state index contributed by atoms with van der Waals surface area (Å²) in [6, 6.07) is 4.76. The summed E-state index contributed by atoms with van der Waals surface area (Å²) >= 11 is 7.00. The first kappa shape index (κ1) is 15.4. The Morgan fingerprint density at radius 1 is 1.35 bits per heavy atom. The van der Waals surface area contributed by atoms with E-state index in [1.807, 2.05) is 0 Å². The molecule has 118 valence electrons. The second-order valence-corrected chi connectivity index (χ2v) is 5.45. The van der Waals surface area contributed by atoms with Gasteiger partial charge in [-0.2, -0.15) is 18.8 Å². The minimum absolute atomic E-state index is 0.0902. The molecule has 0 spiro atoms. The van der Waals surface area contributed by atoms with Crippen LogP contribution in [0.3, 0.4) is 0 Å². The number of halogens is 1. The van der Waals surface area contributed by atoms with Gasteiger partial charge in [-0.15, -0.1) is 0 Å². The van der Waals surface area contributed by atoms with Crippen molar-refractivity contribution in [3.8, 4) is 11.8 Å². The average molecular weight is 352 g/mol. The van der Waals surface area contributed by atoms with E-state index in [0.29, 0.717) is 17.5 Å². The van der Waals surface area contributed by atoms with Gasteiger partial charge in [0.15, 0.2) is 0 Å². The predicted octanol–water partition coefficient (Wildman–Crippen LogP) is 1.60. The van der Waals surface area contributed by atoms with Crippen LogP contribution in [0.5, 0.6) is 11.8 Å². The quantitative estimate of drug-likeness (QED) is 0.666. The third-order valence-corrected chi connectivity index (χ3v) is 3.99. The van der Waals surface area contributed by atoms with Crippen LogP contribution in [0.25, 0.3) is 5.78 Å². The highest BCUT2D eigenvalue weighted by molar-refractivity contribution is 7.03. The van der Waals surface area contributed by atoms with Crippen LogP contribution in [-0.2, 0) is 0 Å². The standard InChI is InChI=1S/C13H10ClN5O3S/c1-21-8-6-9(22-2)19-12(16-8)18-13(23-19)17-11(20)7-4-3-5-15-10(7)14/h3-6H,1-2H3. The van der Waals surface area contributed by atoms with Crippen molar-refractivity contribution in [1.82, 2.24) is 18.7 Å². The molecule has 3 heterocycles. The fraction of sp³-hybridized carbons (Fsp3) is 0.154. The van der Waals surface area contributed by atoms with Gasteiger partial charge in [-0.1, -0.05) is 11.6 Å². The topological polar surface area (TPSA) is 91.0 Å². The van der Waals surface area contributed by atoms with Crippen molar-refractivity contribution in [2.45, 2.75) is 0 Å². The normalized spacial score (nSPS) is 11.7. The SMILES string of the molecule is COc1cc(OC)n2sc(=NC(=O)c3cccnc3Cl)nc2n1. The molecule has 8 nitrogen and oxygen atoms in total. The largest absolute Gasteiger partial charge is 0.481 e. The maximum absolute atomic E-state index is 12.2. The molecule has 0 unspecified atom stereocenters. The highest BCUT2D eigenvalue weighted by Gasteiger charge is 2.12. The summed E-state index contributed by atoms with van der Waals surface area (Å²) in [6.07, 6.45) is 1.49. The number of rotatable bonds is 3. The van der Waals surface area contributed by atoms with Crippen LogP contribution in [-0.4, -0.2) is 38.9 Å². The molecular formula is C13H10ClN5O3S. The summed E-state index contributed by atoms with van der Waals surface area (Å²) in [4.78, 5) is 28.5. The van der Waals surface area contributed by atoms with Gasteiger partial charge in [0.25, 0.3) is 11.7 Å². The lowest BCUT2D eigenvalue weighted by molar-refractivity contribution is 0.0998. The van der Waals surface area contributed by atoms with Crippen LogP contribution < -0.4 is 14.3 Å². The van der Waals surface area contributed by atoms with Crippen LogP contribution in [0.4, 0.5) is 0 Å². The molecule has 23 heavy (non-hydrogen) atoms. The third-order valence-electron chi connectivity index (χ3n) is 2.81. The number of amides is 1. The van der Waals surface area contributed by atoms with Gasteiger partial charge in [0, 0.05) is 6.20 Å². The zero-order chi connectivity index (χ0) is 16.4. The number of hydrogen-bond donors (Lipinski definition) is 0. The van der Waals surface area contributed by atoms with Gasteiger partial charge in [0.1, 0.15) is 5.15 Å². The van der Waals surface area contributed by atoms with Gasteiger partial charge in [-0.05, 0) is 23.7 Å². The first-order valence-electron chi connectivity index (χ1n) is 6.31. The minimum Gasteiger partial charge on any atom is -0.481 e. The zero-order valence-electron chi connectivity index (χ0n) is 12.1. The van der Waals surface area contributed by atoms with Crippen molar-refractivity contribution in [2.75, 3.05) is 14.2 Å². The van der Waals surface area contributed by atoms with E-state index in [4.69, 9.17) is 21.1 Å². The number of methoxy groups -OCH3 is 2. The fourth-order valence-electron chi connectivity index (χ4n) is 1.77. The molecule has 0 saturated heterocycles. The Balaban J connectivity index is 2.10. The van der Waals surface area contributed by atoms with Crippen LogP contribution >= 0.6 is 23.1 Å².